The summed E-state index contributed by atoms with van der Waals surface area (Å²) in [5.41, 5.74) is 3.57. The molecule has 8 nitrogen and oxygen atoms in total. The van der Waals surface area contributed by atoms with E-state index in [1.54, 1.807) is 37.5 Å². The van der Waals surface area contributed by atoms with Crippen molar-refractivity contribution in [2.24, 2.45) is 0 Å². The van der Waals surface area contributed by atoms with Crippen LogP contribution in [0, 0.1) is 0 Å². The molecule has 1 aromatic carbocycles. The molecule has 0 bridgehead atoms. The predicted molar refractivity (Wildman–Crippen MR) is 110 cm³/mol. The lowest BCUT2D eigenvalue weighted by atomic mass is 10.0. The van der Waals surface area contributed by atoms with E-state index >= 15 is 0 Å². The van der Waals surface area contributed by atoms with Crippen molar-refractivity contribution < 1.29 is 14.3 Å². The maximum Gasteiger partial charge on any atom is 0.410 e. The Morgan fingerprint density at radius 2 is 2.07 bits per heavy atom. The Labute approximate surface area is 176 Å². The van der Waals surface area contributed by atoms with Crippen LogP contribution in [0.5, 0.6) is 0 Å². The predicted octanol–water partition coefficient (Wildman–Crippen LogP) is 3.38. The second-order valence-electron chi connectivity index (χ2n) is 6.98. The molecule has 3 heterocycles. The highest BCUT2D eigenvalue weighted by Crippen LogP contribution is 2.42. The highest BCUT2D eigenvalue weighted by Gasteiger charge is 2.29. The van der Waals surface area contributed by atoms with Crippen molar-refractivity contribution >= 4 is 46.1 Å². The van der Waals surface area contributed by atoms with Crippen LogP contribution in [-0.2, 0) is 22.6 Å². The molecule has 0 atom stereocenters. The van der Waals surface area contributed by atoms with Gasteiger partial charge in [-0.2, -0.15) is 5.10 Å². The van der Waals surface area contributed by atoms with Gasteiger partial charge in [0.15, 0.2) is 6.61 Å². The van der Waals surface area contributed by atoms with Gasteiger partial charge in [0.25, 0.3) is 5.91 Å². The fourth-order valence-electron chi connectivity index (χ4n) is 3.53. The molecule has 4 rings (SSSR count). The number of hydrogen-bond donors (Lipinski definition) is 1. The summed E-state index contributed by atoms with van der Waals surface area (Å²) >= 11 is 12.8. The fraction of sp³-hybridized carbons (Fsp3) is 0.316. The SMILES string of the molecule is CN(C)C(=O)COC(=O)N1CCn2c(c(-c3cn[nH]c3)c3ccc(Cl)c(Cl)c32)C1. The molecule has 29 heavy (non-hydrogen) atoms. The summed E-state index contributed by atoms with van der Waals surface area (Å²) in [6.45, 7) is 0.986. The molecule has 0 radical (unpaired) electrons. The third-order valence-electron chi connectivity index (χ3n) is 5.02. The molecule has 3 aromatic rings. The van der Waals surface area contributed by atoms with Crippen molar-refractivity contribution in [2.75, 3.05) is 27.2 Å². The molecular formula is C19H19Cl2N5O3. The van der Waals surface area contributed by atoms with Crippen molar-refractivity contribution in [3.63, 3.8) is 0 Å². The van der Waals surface area contributed by atoms with Crippen LogP contribution in [0.25, 0.3) is 22.0 Å². The minimum absolute atomic E-state index is 0.273. The van der Waals surface area contributed by atoms with Crippen molar-refractivity contribution in [3.05, 3.63) is 40.3 Å². The van der Waals surface area contributed by atoms with Crippen LogP contribution in [0.15, 0.2) is 24.5 Å². The van der Waals surface area contributed by atoms with Gasteiger partial charge < -0.3 is 19.1 Å². The van der Waals surface area contributed by atoms with Crippen LogP contribution >= 0.6 is 23.2 Å². The first-order valence-corrected chi connectivity index (χ1v) is 9.74. The van der Waals surface area contributed by atoms with Crippen LogP contribution < -0.4 is 0 Å². The molecule has 0 saturated carbocycles. The number of likely N-dealkylation sites (N-methyl/N-ethyl adjacent to an activating group) is 1. The van der Waals surface area contributed by atoms with Gasteiger partial charge in [0, 0.05) is 55.6 Å². The van der Waals surface area contributed by atoms with Gasteiger partial charge in [-0.3, -0.25) is 9.89 Å². The number of ether oxygens (including phenoxy) is 1. The zero-order chi connectivity index (χ0) is 20.7. The lowest BCUT2D eigenvalue weighted by Gasteiger charge is -2.29. The van der Waals surface area contributed by atoms with Gasteiger partial charge in [0.05, 0.1) is 28.3 Å². The fourth-order valence-corrected chi connectivity index (χ4v) is 3.95. The van der Waals surface area contributed by atoms with E-state index in [0.29, 0.717) is 29.7 Å². The number of hydrogen-bond acceptors (Lipinski definition) is 4. The quantitative estimate of drug-likeness (QED) is 0.683. The van der Waals surface area contributed by atoms with Gasteiger partial charge in [-0.1, -0.05) is 29.3 Å². The van der Waals surface area contributed by atoms with Crippen LogP contribution in [-0.4, -0.2) is 63.8 Å². The Bertz CT molecular complexity index is 1090. The van der Waals surface area contributed by atoms with E-state index < -0.39 is 6.09 Å². The van der Waals surface area contributed by atoms with E-state index in [1.807, 2.05) is 6.07 Å². The average Bonchev–Trinajstić information content (AvgIpc) is 3.33. The van der Waals surface area contributed by atoms with E-state index in [9.17, 15) is 9.59 Å². The summed E-state index contributed by atoms with van der Waals surface area (Å²) in [4.78, 5) is 27.2. The molecule has 10 heteroatoms. The van der Waals surface area contributed by atoms with Gasteiger partial charge in [0.1, 0.15) is 0 Å². The molecule has 0 fully saturated rings. The van der Waals surface area contributed by atoms with Gasteiger partial charge >= 0.3 is 6.09 Å². The van der Waals surface area contributed by atoms with Gasteiger partial charge in [-0.05, 0) is 6.07 Å². The number of halogens is 2. The van der Waals surface area contributed by atoms with Gasteiger partial charge in [-0.25, -0.2) is 4.79 Å². The number of rotatable bonds is 3. The molecule has 0 aliphatic carbocycles. The zero-order valence-corrected chi connectivity index (χ0v) is 17.4. The van der Waals surface area contributed by atoms with Crippen molar-refractivity contribution in [3.8, 4) is 11.1 Å². The second kappa shape index (κ2) is 7.61. The number of fused-ring (bicyclic) bond motifs is 3. The molecule has 1 N–H and O–H groups in total. The summed E-state index contributed by atoms with van der Waals surface area (Å²) < 4.78 is 7.27. The smallest absolute Gasteiger partial charge is 0.410 e. The van der Waals surface area contributed by atoms with Crippen LogP contribution in [0.2, 0.25) is 10.0 Å². The number of carbonyl (C=O) groups excluding carboxylic acids is 2. The maximum absolute atomic E-state index is 12.5. The molecule has 2 amide bonds. The first-order valence-electron chi connectivity index (χ1n) is 8.98. The normalized spacial score (nSPS) is 13.4. The molecule has 0 spiro atoms. The zero-order valence-electron chi connectivity index (χ0n) is 15.9. The number of carbonyl (C=O) groups is 2. The highest BCUT2D eigenvalue weighted by atomic mass is 35.5. The van der Waals surface area contributed by atoms with Crippen molar-refractivity contribution in [1.29, 1.82) is 0 Å². The van der Waals surface area contributed by atoms with Crippen LogP contribution in [0.4, 0.5) is 4.79 Å². The Kier molecular flexibility index (Phi) is 5.14. The Morgan fingerprint density at radius 3 is 2.76 bits per heavy atom. The Morgan fingerprint density at radius 1 is 1.28 bits per heavy atom. The minimum atomic E-state index is -0.529. The first kappa shape index (κ1) is 19.6. The first-order chi connectivity index (χ1) is 13.9. The lowest BCUT2D eigenvalue weighted by Crippen LogP contribution is -2.40. The molecule has 1 aliphatic rings. The number of nitrogens with one attached hydrogen (secondary N) is 1. The highest BCUT2D eigenvalue weighted by molar-refractivity contribution is 6.45. The van der Waals surface area contributed by atoms with E-state index in [2.05, 4.69) is 14.8 Å². The van der Waals surface area contributed by atoms with Gasteiger partial charge in [-0.15, -0.1) is 0 Å². The molecule has 0 unspecified atom stereocenters. The topological polar surface area (TPSA) is 83.5 Å². The Balaban J connectivity index is 1.71. The molecule has 1 aliphatic heterocycles. The number of aromatic nitrogens is 3. The number of aromatic amines is 1. The number of nitrogens with zero attached hydrogens (tertiary/aromatic N) is 4. The monoisotopic (exact) mass is 435 g/mol. The number of amides is 2. The molecule has 2 aromatic heterocycles. The number of benzene rings is 1. The minimum Gasteiger partial charge on any atom is -0.439 e. The van der Waals surface area contributed by atoms with E-state index in [0.717, 1.165) is 27.7 Å². The largest absolute Gasteiger partial charge is 0.439 e. The number of H-pyrrole nitrogens is 1. The van der Waals surface area contributed by atoms with Crippen LogP contribution in [0.1, 0.15) is 5.69 Å². The third-order valence-corrected chi connectivity index (χ3v) is 5.81. The second-order valence-corrected chi connectivity index (χ2v) is 7.77. The average molecular weight is 436 g/mol. The van der Waals surface area contributed by atoms with Crippen molar-refractivity contribution in [2.45, 2.75) is 13.1 Å². The summed E-state index contributed by atoms with van der Waals surface area (Å²) in [5.74, 6) is -0.273. The maximum atomic E-state index is 12.5. The Hall–Kier alpha value is -2.71. The molecular weight excluding hydrogens is 417 g/mol. The van der Waals surface area contributed by atoms with Gasteiger partial charge in [0.2, 0.25) is 0 Å². The van der Waals surface area contributed by atoms with Crippen LogP contribution in [0.3, 0.4) is 0 Å². The molecule has 0 saturated heterocycles. The molecule has 152 valence electrons. The summed E-state index contributed by atoms with van der Waals surface area (Å²) in [6, 6.07) is 3.69. The van der Waals surface area contributed by atoms with Crippen molar-refractivity contribution in [1.82, 2.24) is 24.6 Å². The standard InChI is InChI=1S/C19H19Cl2N5O3/c1-24(2)15(27)10-29-19(28)25-5-6-26-14(9-25)16(11-7-22-23-8-11)12-3-4-13(20)17(21)18(12)26/h3-4,7-8H,5-6,9-10H2,1-2H3,(H,22,23). The summed E-state index contributed by atoms with van der Waals surface area (Å²) in [5, 5.41) is 8.77. The van der Waals surface area contributed by atoms with E-state index in [4.69, 9.17) is 27.9 Å². The summed E-state index contributed by atoms with van der Waals surface area (Å²) in [6.07, 6.45) is 3.00. The van der Waals surface area contributed by atoms with E-state index in [-0.39, 0.29) is 12.5 Å². The lowest BCUT2D eigenvalue weighted by molar-refractivity contribution is -0.132. The van der Waals surface area contributed by atoms with E-state index in [1.165, 1.54) is 4.90 Å². The summed E-state index contributed by atoms with van der Waals surface area (Å²) in [7, 11) is 3.23. The third kappa shape index (κ3) is 3.42.